The number of Topliss-reactive ketones (excluding diaryl/α,β-unsaturated/α-hetero) is 1. The molecular formula is C15H13NO5S. The molecule has 3 rings (SSSR count). The molecule has 1 saturated heterocycles. The molecule has 0 aromatic heterocycles. The molecule has 1 N–H and O–H groups in total. The molecule has 0 aliphatic carbocycles. The second-order valence-electron chi connectivity index (χ2n) is 5.08. The Labute approximate surface area is 127 Å². The predicted molar refractivity (Wildman–Crippen MR) is 78.9 cm³/mol. The van der Waals surface area contributed by atoms with Crippen molar-refractivity contribution in [1.82, 2.24) is 4.31 Å². The van der Waals surface area contributed by atoms with Gasteiger partial charge in [-0.25, -0.2) is 13.2 Å². The van der Waals surface area contributed by atoms with E-state index in [1.807, 2.05) is 12.1 Å². The van der Waals surface area contributed by atoms with Crippen LogP contribution in [-0.2, 0) is 19.6 Å². The lowest BCUT2D eigenvalue weighted by molar-refractivity contribution is -0.143. The van der Waals surface area contributed by atoms with Crippen LogP contribution in [0.3, 0.4) is 0 Å². The van der Waals surface area contributed by atoms with Gasteiger partial charge in [0, 0.05) is 13.0 Å². The van der Waals surface area contributed by atoms with Crippen LogP contribution in [0.1, 0.15) is 6.42 Å². The van der Waals surface area contributed by atoms with Gasteiger partial charge in [-0.05, 0) is 22.9 Å². The van der Waals surface area contributed by atoms with Gasteiger partial charge in [0.1, 0.15) is 0 Å². The summed E-state index contributed by atoms with van der Waals surface area (Å²) in [6.45, 7) is -0.106. The topological polar surface area (TPSA) is 91.8 Å². The average molecular weight is 319 g/mol. The molecule has 0 saturated carbocycles. The van der Waals surface area contributed by atoms with Gasteiger partial charge in [0.25, 0.3) is 0 Å². The third-order valence-electron chi connectivity index (χ3n) is 3.73. The Morgan fingerprint density at radius 1 is 1.14 bits per heavy atom. The Bertz CT molecular complexity index is 874. The van der Waals surface area contributed by atoms with Gasteiger partial charge in [0.15, 0.2) is 11.8 Å². The van der Waals surface area contributed by atoms with Crippen molar-refractivity contribution in [2.45, 2.75) is 17.4 Å². The van der Waals surface area contributed by atoms with E-state index in [0.717, 1.165) is 15.1 Å². The van der Waals surface area contributed by atoms with Crippen LogP contribution in [0.25, 0.3) is 10.8 Å². The highest BCUT2D eigenvalue weighted by molar-refractivity contribution is 7.89. The largest absolute Gasteiger partial charge is 0.480 e. The first-order valence-electron chi connectivity index (χ1n) is 6.67. The number of hydrogen-bond donors (Lipinski definition) is 1. The van der Waals surface area contributed by atoms with E-state index in [9.17, 15) is 18.0 Å². The molecule has 1 aliphatic heterocycles. The Morgan fingerprint density at radius 3 is 2.50 bits per heavy atom. The van der Waals surface area contributed by atoms with Crippen LogP contribution in [0.15, 0.2) is 47.4 Å². The van der Waals surface area contributed by atoms with Crippen LogP contribution in [0, 0.1) is 0 Å². The Morgan fingerprint density at radius 2 is 1.82 bits per heavy atom. The van der Waals surface area contributed by atoms with Gasteiger partial charge in [-0.1, -0.05) is 30.3 Å². The molecule has 1 aliphatic rings. The van der Waals surface area contributed by atoms with Crippen LogP contribution in [-0.4, -0.2) is 42.2 Å². The first kappa shape index (κ1) is 14.7. The fourth-order valence-electron chi connectivity index (χ4n) is 2.63. The molecule has 0 spiro atoms. The molecule has 0 amide bonds. The van der Waals surface area contributed by atoms with Crippen LogP contribution in [0.5, 0.6) is 0 Å². The summed E-state index contributed by atoms with van der Waals surface area (Å²) >= 11 is 0. The number of hydrogen-bond acceptors (Lipinski definition) is 4. The van der Waals surface area contributed by atoms with E-state index in [-0.39, 0.29) is 17.9 Å². The van der Waals surface area contributed by atoms with Gasteiger partial charge in [-0.15, -0.1) is 0 Å². The fourth-order valence-corrected chi connectivity index (χ4v) is 4.23. The monoisotopic (exact) mass is 319 g/mol. The van der Waals surface area contributed by atoms with Crippen LogP contribution in [0.2, 0.25) is 0 Å². The number of rotatable bonds is 3. The lowest BCUT2D eigenvalue weighted by Crippen LogP contribution is -2.43. The summed E-state index contributed by atoms with van der Waals surface area (Å²) in [6.07, 6.45) is -0.0796. The average Bonchev–Trinajstić information content (AvgIpc) is 2.89. The fraction of sp³-hybridized carbons (Fsp3) is 0.200. The van der Waals surface area contributed by atoms with Crippen LogP contribution >= 0.6 is 0 Å². The predicted octanol–water partition coefficient (Wildman–Crippen LogP) is 1.26. The van der Waals surface area contributed by atoms with Gasteiger partial charge >= 0.3 is 5.97 Å². The Kier molecular flexibility index (Phi) is 3.46. The van der Waals surface area contributed by atoms with E-state index in [2.05, 4.69) is 0 Å². The summed E-state index contributed by atoms with van der Waals surface area (Å²) in [7, 11) is -4.03. The number of carboxylic acid groups (broad SMARTS) is 1. The summed E-state index contributed by atoms with van der Waals surface area (Å²) in [4.78, 5) is 22.8. The van der Waals surface area contributed by atoms with Gasteiger partial charge < -0.3 is 5.11 Å². The molecule has 2 aromatic carbocycles. The molecule has 1 fully saturated rings. The molecule has 6 nitrogen and oxygen atoms in total. The lowest BCUT2D eigenvalue weighted by Gasteiger charge is -2.20. The lowest BCUT2D eigenvalue weighted by atomic mass is 10.1. The van der Waals surface area contributed by atoms with Crippen LogP contribution < -0.4 is 0 Å². The number of carboxylic acids is 1. The van der Waals surface area contributed by atoms with Crippen molar-refractivity contribution < 1.29 is 23.1 Å². The van der Waals surface area contributed by atoms with E-state index < -0.39 is 27.8 Å². The molecule has 1 atom stereocenters. The summed E-state index contributed by atoms with van der Waals surface area (Å²) in [5.74, 6) is -2.02. The molecule has 7 heteroatoms. The van der Waals surface area contributed by atoms with Gasteiger partial charge in [-0.3, -0.25) is 4.79 Å². The first-order chi connectivity index (χ1) is 10.4. The zero-order valence-electron chi connectivity index (χ0n) is 11.5. The quantitative estimate of drug-likeness (QED) is 0.860. The third-order valence-corrected chi connectivity index (χ3v) is 5.59. The van der Waals surface area contributed by atoms with Gasteiger partial charge in [-0.2, -0.15) is 4.31 Å². The summed E-state index contributed by atoms with van der Waals surface area (Å²) in [5, 5.41) is 10.7. The van der Waals surface area contributed by atoms with Crippen molar-refractivity contribution >= 4 is 32.5 Å². The maximum atomic E-state index is 12.6. The highest BCUT2D eigenvalue weighted by Crippen LogP contribution is 2.26. The molecule has 0 bridgehead atoms. The van der Waals surface area contributed by atoms with Crippen molar-refractivity contribution in [2.75, 3.05) is 6.54 Å². The van der Waals surface area contributed by atoms with Crippen molar-refractivity contribution in [3.05, 3.63) is 42.5 Å². The maximum Gasteiger partial charge on any atom is 0.329 e. The Hall–Kier alpha value is -2.25. The minimum Gasteiger partial charge on any atom is -0.480 e. The van der Waals surface area contributed by atoms with Crippen molar-refractivity contribution in [1.29, 1.82) is 0 Å². The normalized spacial score (nSPS) is 19.6. The molecule has 1 heterocycles. The zero-order valence-corrected chi connectivity index (χ0v) is 12.3. The molecular weight excluding hydrogens is 306 g/mol. The van der Waals surface area contributed by atoms with Crippen molar-refractivity contribution in [2.24, 2.45) is 0 Å². The number of ketones is 1. The van der Waals surface area contributed by atoms with Gasteiger partial charge in [0.2, 0.25) is 10.0 Å². The number of nitrogens with zero attached hydrogens (tertiary/aromatic N) is 1. The second kappa shape index (κ2) is 5.19. The van der Waals surface area contributed by atoms with Crippen molar-refractivity contribution in [3.63, 3.8) is 0 Å². The third kappa shape index (κ3) is 2.28. The van der Waals surface area contributed by atoms with E-state index in [1.165, 1.54) is 12.1 Å². The molecule has 0 unspecified atom stereocenters. The number of sulfonamides is 1. The van der Waals surface area contributed by atoms with E-state index in [1.54, 1.807) is 18.2 Å². The smallest absolute Gasteiger partial charge is 0.329 e. The number of fused-ring (bicyclic) bond motifs is 1. The SMILES string of the molecule is O=C(O)[C@@H]1C(=O)CCN1S(=O)(=O)c1ccc2ccccc2c1. The summed E-state index contributed by atoms with van der Waals surface area (Å²) in [6, 6.07) is 10.2. The number of aliphatic carboxylic acids is 1. The Balaban J connectivity index is 2.08. The minimum absolute atomic E-state index is 0.00727. The number of benzene rings is 2. The van der Waals surface area contributed by atoms with Crippen molar-refractivity contribution in [3.8, 4) is 0 Å². The van der Waals surface area contributed by atoms with Crippen LogP contribution in [0.4, 0.5) is 0 Å². The minimum atomic E-state index is -4.03. The number of carbonyl (C=O) groups is 2. The highest BCUT2D eigenvalue weighted by Gasteiger charge is 2.45. The molecule has 114 valence electrons. The zero-order chi connectivity index (χ0) is 15.9. The molecule has 2 aromatic rings. The molecule has 0 radical (unpaired) electrons. The first-order valence-corrected chi connectivity index (χ1v) is 8.11. The van der Waals surface area contributed by atoms with E-state index in [0.29, 0.717) is 0 Å². The van der Waals surface area contributed by atoms with E-state index in [4.69, 9.17) is 5.11 Å². The standard InChI is InChI=1S/C15H13NO5S/c17-13-7-8-16(14(13)15(18)19)22(20,21)12-6-5-10-3-1-2-4-11(10)9-12/h1-6,9,14H,7-8H2,(H,18,19)/t14-/m0/s1. The van der Waals surface area contributed by atoms with Gasteiger partial charge in [0.05, 0.1) is 4.90 Å². The maximum absolute atomic E-state index is 12.6. The summed E-state index contributed by atoms with van der Waals surface area (Å²) < 4.78 is 26.1. The highest BCUT2D eigenvalue weighted by atomic mass is 32.2. The second-order valence-corrected chi connectivity index (χ2v) is 6.97. The molecule has 22 heavy (non-hydrogen) atoms. The summed E-state index contributed by atoms with van der Waals surface area (Å²) in [5.41, 5.74) is 0. The van der Waals surface area contributed by atoms with E-state index >= 15 is 0 Å². The number of carbonyl (C=O) groups excluding carboxylic acids is 1.